The zero-order valence-corrected chi connectivity index (χ0v) is 18.4. The van der Waals surface area contributed by atoms with Gasteiger partial charge in [0.25, 0.3) is 17.7 Å². The maximum absolute atomic E-state index is 12.7. The van der Waals surface area contributed by atoms with Crippen molar-refractivity contribution in [3.05, 3.63) is 94.5 Å². The lowest BCUT2D eigenvalue weighted by Crippen LogP contribution is -2.35. The summed E-state index contributed by atoms with van der Waals surface area (Å²) in [6.07, 6.45) is 1.46. The second-order valence-corrected chi connectivity index (χ2v) is 7.72. The standard InChI is InChI=1S/C25H20ClN3O4/c1-16-7-5-6-10-21(16)27-23(30)15-33-22-12-11-17(14-20(22)26)13-19-24(31)28-29(25(19)32)18-8-3-2-4-9-18/h2-14H,15H2,1H3,(H,27,30)(H,28,31)/b19-13-. The first-order valence-electron chi connectivity index (χ1n) is 10.1. The Morgan fingerprint density at radius 3 is 2.52 bits per heavy atom. The van der Waals surface area contributed by atoms with Gasteiger partial charge in [-0.25, -0.2) is 5.01 Å². The number of hydrogen-bond donors (Lipinski definition) is 2. The first-order chi connectivity index (χ1) is 15.9. The number of anilines is 2. The number of nitrogens with zero attached hydrogens (tertiary/aromatic N) is 1. The van der Waals surface area contributed by atoms with Crippen LogP contribution < -0.4 is 20.5 Å². The Morgan fingerprint density at radius 1 is 1.06 bits per heavy atom. The molecule has 0 saturated carbocycles. The van der Waals surface area contributed by atoms with Crippen molar-refractivity contribution in [2.24, 2.45) is 0 Å². The Balaban J connectivity index is 1.43. The number of ether oxygens (including phenoxy) is 1. The number of hydrazine groups is 1. The predicted octanol–water partition coefficient (Wildman–Crippen LogP) is 4.13. The first-order valence-corrected chi connectivity index (χ1v) is 10.5. The lowest BCUT2D eigenvalue weighted by atomic mass is 10.1. The molecule has 3 amide bonds. The average Bonchev–Trinajstić information content (AvgIpc) is 3.09. The van der Waals surface area contributed by atoms with E-state index in [4.69, 9.17) is 16.3 Å². The molecule has 0 unspecified atom stereocenters. The van der Waals surface area contributed by atoms with Crippen LogP contribution in [0, 0.1) is 6.92 Å². The Morgan fingerprint density at radius 2 is 1.79 bits per heavy atom. The van der Waals surface area contributed by atoms with E-state index >= 15 is 0 Å². The van der Waals surface area contributed by atoms with Crippen LogP contribution in [-0.4, -0.2) is 24.3 Å². The van der Waals surface area contributed by atoms with Crippen LogP contribution >= 0.6 is 11.6 Å². The van der Waals surface area contributed by atoms with Gasteiger partial charge in [0.05, 0.1) is 10.7 Å². The third-order valence-electron chi connectivity index (χ3n) is 4.95. The second kappa shape index (κ2) is 9.58. The summed E-state index contributed by atoms with van der Waals surface area (Å²) in [4.78, 5) is 37.2. The number of carbonyl (C=O) groups excluding carboxylic acids is 3. The molecule has 0 aromatic heterocycles. The van der Waals surface area contributed by atoms with Crippen LogP contribution in [0.15, 0.2) is 78.4 Å². The van der Waals surface area contributed by atoms with Crippen LogP contribution in [-0.2, 0) is 14.4 Å². The van der Waals surface area contributed by atoms with Crippen molar-refractivity contribution in [3.63, 3.8) is 0 Å². The summed E-state index contributed by atoms with van der Waals surface area (Å²) < 4.78 is 5.53. The molecule has 1 fully saturated rings. The summed E-state index contributed by atoms with van der Waals surface area (Å²) >= 11 is 6.30. The van der Waals surface area contributed by atoms with Crippen LogP contribution in [0.4, 0.5) is 11.4 Å². The highest BCUT2D eigenvalue weighted by Gasteiger charge is 2.34. The Bertz CT molecular complexity index is 1260. The van der Waals surface area contributed by atoms with Crippen molar-refractivity contribution < 1.29 is 19.1 Å². The van der Waals surface area contributed by atoms with Crippen molar-refractivity contribution in [3.8, 4) is 5.75 Å². The van der Waals surface area contributed by atoms with Gasteiger partial charge in [0.1, 0.15) is 11.3 Å². The van der Waals surface area contributed by atoms with Crippen LogP contribution in [0.25, 0.3) is 6.08 Å². The third kappa shape index (κ3) is 5.05. The Labute approximate surface area is 195 Å². The normalized spacial score (nSPS) is 14.4. The average molecular weight is 462 g/mol. The summed E-state index contributed by atoms with van der Waals surface area (Å²) in [6.45, 7) is 1.68. The van der Waals surface area contributed by atoms with Gasteiger partial charge in [-0.2, -0.15) is 0 Å². The molecule has 1 aliphatic heterocycles. The molecule has 0 aliphatic carbocycles. The van der Waals surface area contributed by atoms with Gasteiger partial charge in [-0.1, -0.05) is 54.1 Å². The molecule has 1 heterocycles. The van der Waals surface area contributed by atoms with E-state index in [1.807, 2.05) is 37.3 Å². The molecular weight excluding hydrogens is 442 g/mol. The molecule has 0 bridgehead atoms. The quantitative estimate of drug-likeness (QED) is 0.427. The van der Waals surface area contributed by atoms with Crippen LogP contribution in [0.2, 0.25) is 5.02 Å². The van der Waals surface area contributed by atoms with Gasteiger partial charge in [-0.3, -0.25) is 19.8 Å². The summed E-state index contributed by atoms with van der Waals surface area (Å²) in [5.41, 5.74) is 5.29. The van der Waals surface area contributed by atoms with Crippen molar-refractivity contribution in [2.75, 3.05) is 16.9 Å². The minimum atomic E-state index is -0.506. The van der Waals surface area contributed by atoms with Gasteiger partial charge in [-0.05, 0) is 54.5 Å². The van der Waals surface area contributed by atoms with Crippen LogP contribution in [0.3, 0.4) is 0 Å². The SMILES string of the molecule is Cc1ccccc1NC(=O)COc1ccc(/C=C2/C(=O)NN(c3ccccc3)C2=O)cc1Cl. The van der Waals surface area contributed by atoms with Gasteiger partial charge in [-0.15, -0.1) is 0 Å². The van der Waals surface area contributed by atoms with E-state index in [0.29, 0.717) is 22.7 Å². The number of benzene rings is 3. The predicted molar refractivity (Wildman–Crippen MR) is 127 cm³/mol. The van der Waals surface area contributed by atoms with E-state index in [1.165, 1.54) is 11.1 Å². The van der Waals surface area contributed by atoms with E-state index in [-0.39, 0.29) is 23.1 Å². The maximum atomic E-state index is 12.7. The zero-order valence-electron chi connectivity index (χ0n) is 17.7. The highest BCUT2D eigenvalue weighted by Crippen LogP contribution is 2.28. The fourth-order valence-corrected chi connectivity index (χ4v) is 3.49. The Hall–Kier alpha value is -4.10. The topological polar surface area (TPSA) is 87.7 Å². The minimum absolute atomic E-state index is 0.0128. The molecular formula is C25H20ClN3O4. The first kappa shape index (κ1) is 22.1. The van der Waals surface area contributed by atoms with Crippen LogP contribution in [0.5, 0.6) is 5.75 Å². The molecule has 1 saturated heterocycles. The van der Waals surface area contributed by atoms with E-state index in [1.54, 1.807) is 42.5 Å². The molecule has 0 radical (unpaired) electrons. The summed E-state index contributed by atoms with van der Waals surface area (Å²) in [7, 11) is 0. The van der Waals surface area contributed by atoms with Crippen molar-refractivity contribution in [1.29, 1.82) is 0 Å². The van der Waals surface area contributed by atoms with E-state index < -0.39 is 11.8 Å². The number of rotatable bonds is 6. The van der Waals surface area contributed by atoms with E-state index in [2.05, 4.69) is 10.7 Å². The monoisotopic (exact) mass is 461 g/mol. The largest absolute Gasteiger partial charge is 0.482 e. The molecule has 0 atom stereocenters. The zero-order chi connectivity index (χ0) is 23.4. The Kier molecular flexibility index (Phi) is 6.42. The smallest absolute Gasteiger partial charge is 0.282 e. The molecule has 0 spiro atoms. The number of aryl methyl sites for hydroxylation is 1. The number of amides is 3. The van der Waals surface area contributed by atoms with Crippen molar-refractivity contribution in [1.82, 2.24) is 5.43 Å². The van der Waals surface area contributed by atoms with Gasteiger partial charge in [0, 0.05) is 5.69 Å². The minimum Gasteiger partial charge on any atom is -0.482 e. The summed E-state index contributed by atoms with van der Waals surface area (Å²) in [5, 5.41) is 4.23. The fraction of sp³-hybridized carbons (Fsp3) is 0.0800. The lowest BCUT2D eigenvalue weighted by molar-refractivity contribution is -0.118. The highest BCUT2D eigenvalue weighted by atomic mass is 35.5. The number of para-hydroxylation sites is 2. The summed E-state index contributed by atoms with van der Waals surface area (Å²) in [6, 6.07) is 21.0. The van der Waals surface area contributed by atoms with Gasteiger partial charge < -0.3 is 10.1 Å². The fourth-order valence-electron chi connectivity index (χ4n) is 3.25. The molecule has 166 valence electrons. The third-order valence-corrected chi connectivity index (χ3v) is 5.25. The molecule has 7 nitrogen and oxygen atoms in total. The van der Waals surface area contributed by atoms with Gasteiger partial charge in [0.2, 0.25) is 0 Å². The molecule has 33 heavy (non-hydrogen) atoms. The second-order valence-electron chi connectivity index (χ2n) is 7.32. The van der Waals surface area contributed by atoms with E-state index in [0.717, 1.165) is 5.56 Å². The molecule has 8 heteroatoms. The molecule has 3 aromatic rings. The highest BCUT2D eigenvalue weighted by molar-refractivity contribution is 6.33. The maximum Gasteiger partial charge on any atom is 0.282 e. The van der Waals surface area contributed by atoms with E-state index in [9.17, 15) is 14.4 Å². The van der Waals surface area contributed by atoms with Gasteiger partial charge >= 0.3 is 0 Å². The number of hydrogen-bond acceptors (Lipinski definition) is 4. The molecule has 4 rings (SSSR count). The summed E-state index contributed by atoms with van der Waals surface area (Å²) in [5.74, 6) is -0.976. The molecule has 3 aromatic carbocycles. The van der Waals surface area contributed by atoms with Crippen molar-refractivity contribution in [2.45, 2.75) is 6.92 Å². The number of halogens is 1. The molecule has 1 aliphatic rings. The number of nitrogens with one attached hydrogen (secondary N) is 2. The van der Waals surface area contributed by atoms with Gasteiger partial charge in [0.15, 0.2) is 6.61 Å². The lowest BCUT2D eigenvalue weighted by Gasteiger charge is -2.13. The molecule has 2 N–H and O–H groups in total. The number of carbonyl (C=O) groups is 3. The van der Waals surface area contributed by atoms with Crippen LogP contribution in [0.1, 0.15) is 11.1 Å². The van der Waals surface area contributed by atoms with Crippen molar-refractivity contribution >= 4 is 46.8 Å².